The molecular formula is C23H24N5O2+. The molecule has 0 unspecified atom stereocenters. The van der Waals surface area contributed by atoms with Gasteiger partial charge in [0.15, 0.2) is 0 Å². The van der Waals surface area contributed by atoms with E-state index in [9.17, 15) is 5.11 Å². The van der Waals surface area contributed by atoms with Gasteiger partial charge < -0.3 is 15.9 Å². The Labute approximate surface area is 174 Å². The van der Waals surface area contributed by atoms with E-state index in [2.05, 4.69) is 15.0 Å². The largest absolute Gasteiger partial charge is 0.578 e. The maximum absolute atomic E-state index is 9.69. The van der Waals surface area contributed by atoms with Crippen LogP contribution in [-0.4, -0.2) is 31.9 Å². The highest BCUT2D eigenvalue weighted by atomic mass is 16.3. The van der Waals surface area contributed by atoms with E-state index in [1.165, 1.54) is 0 Å². The number of nitrogen functional groups attached to an aromatic ring is 1. The van der Waals surface area contributed by atoms with E-state index in [0.717, 1.165) is 36.0 Å². The second-order valence-electron chi connectivity index (χ2n) is 7.65. The molecule has 1 aliphatic carbocycles. The van der Waals surface area contributed by atoms with Gasteiger partial charge >= 0.3 is 5.90 Å². The number of hydrogen-bond acceptors (Lipinski definition) is 5. The third kappa shape index (κ3) is 3.50. The number of amidine groups is 1. The summed E-state index contributed by atoms with van der Waals surface area (Å²) >= 11 is 0. The van der Waals surface area contributed by atoms with E-state index >= 15 is 0 Å². The maximum Gasteiger partial charge on any atom is 0.366 e. The number of phenols is 1. The number of nitrogens with two attached hydrogens (primary N) is 1. The molecule has 0 radical (unpaired) electrons. The minimum absolute atomic E-state index is 0.0324. The number of aliphatic imine (C=N–C) groups is 1. The number of nitrogens with zero attached hydrogens (tertiary/aromatic N) is 3. The molecule has 1 aromatic heterocycles. The summed E-state index contributed by atoms with van der Waals surface area (Å²) in [5, 5.41) is 26.7. The fourth-order valence-corrected chi connectivity index (χ4v) is 3.75. The second-order valence-corrected chi connectivity index (χ2v) is 7.65. The number of benzene rings is 2. The van der Waals surface area contributed by atoms with Gasteiger partial charge in [0.2, 0.25) is 5.95 Å². The fraction of sp³-hybridized carbons (Fsp3) is 0.217. The molecule has 0 bridgehead atoms. The average Bonchev–Trinajstić information content (AvgIpc) is 2.70. The zero-order chi connectivity index (χ0) is 21.3. The van der Waals surface area contributed by atoms with Crippen molar-refractivity contribution < 1.29 is 10.2 Å². The van der Waals surface area contributed by atoms with Crippen LogP contribution in [0.1, 0.15) is 36.0 Å². The Balaban J connectivity index is 1.60. The number of anilines is 1. The highest BCUT2D eigenvalue weighted by Gasteiger charge is 2.43. The molecule has 1 fully saturated rings. The van der Waals surface area contributed by atoms with Gasteiger partial charge in [0.1, 0.15) is 11.6 Å². The first-order chi connectivity index (χ1) is 14.4. The Morgan fingerprint density at radius 3 is 2.33 bits per heavy atom. The van der Waals surface area contributed by atoms with E-state index in [1.807, 2.05) is 24.3 Å². The van der Waals surface area contributed by atoms with Crippen molar-refractivity contribution in [3.05, 3.63) is 71.5 Å². The predicted octanol–water partition coefficient (Wildman–Crippen LogP) is 3.31. The lowest BCUT2D eigenvalue weighted by Crippen LogP contribution is -2.41. The lowest BCUT2D eigenvalue weighted by molar-refractivity contribution is 0.336. The predicted molar refractivity (Wildman–Crippen MR) is 118 cm³/mol. The summed E-state index contributed by atoms with van der Waals surface area (Å²) in [6.07, 6.45) is 6.07. The molecule has 1 saturated carbocycles. The van der Waals surface area contributed by atoms with Gasteiger partial charge in [-0.3, -0.25) is 5.41 Å². The molecule has 4 rings (SSSR count). The van der Waals surface area contributed by atoms with E-state index in [-0.39, 0.29) is 23.4 Å². The number of aryl methyl sites for hydroxylation is 1. The number of nitrogens with one attached hydrogen (secondary N) is 1. The molecular weight excluding hydrogens is 378 g/mol. The van der Waals surface area contributed by atoms with Crippen LogP contribution in [0.4, 0.5) is 5.95 Å². The van der Waals surface area contributed by atoms with Crippen molar-refractivity contribution in [1.29, 1.82) is 5.41 Å². The highest BCUT2D eigenvalue weighted by Crippen LogP contribution is 2.45. The molecule has 0 saturated heterocycles. The standard InChI is InChI=1S/C23H23N5O2/c1-14-11-16(5-8-19(14)29)20(30)28-21(24)23(9-2-10-23)18-6-3-15(4-7-18)17-12-26-22(25)27-13-17/h3-8,11-13,29H,2,9-10H2,1H3,(H2,24,28,30)(H2,25,26,27)/p+1. The number of hydrogen-bond donors (Lipinski definition) is 3. The van der Waals surface area contributed by atoms with E-state index < -0.39 is 5.41 Å². The van der Waals surface area contributed by atoms with Crippen LogP contribution in [0.3, 0.4) is 0 Å². The Bertz CT molecular complexity index is 1120. The zero-order valence-corrected chi connectivity index (χ0v) is 16.7. The third-order valence-corrected chi connectivity index (χ3v) is 5.80. The molecule has 152 valence electrons. The lowest BCUT2D eigenvalue weighted by Gasteiger charge is -2.41. The van der Waals surface area contributed by atoms with Crippen molar-refractivity contribution in [3.8, 4) is 16.9 Å². The van der Waals surface area contributed by atoms with Crippen LogP contribution in [-0.2, 0) is 5.41 Å². The summed E-state index contributed by atoms with van der Waals surface area (Å²) in [5.41, 5.74) is 9.24. The van der Waals surface area contributed by atoms with E-state index in [0.29, 0.717) is 11.1 Å². The molecule has 7 heteroatoms. The molecule has 0 spiro atoms. The Morgan fingerprint density at radius 1 is 1.10 bits per heavy atom. The molecule has 7 nitrogen and oxygen atoms in total. The Morgan fingerprint density at radius 2 is 1.77 bits per heavy atom. The molecule has 1 heterocycles. The number of rotatable bonds is 4. The van der Waals surface area contributed by atoms with Crippen molar-refractivity contribution in [1.82, 2.24) is 9.97 Å². The Kier molecular flexibility index (Phi) is 4.95. The van der Waals surface area contributed by atoms with Crippen molar-refractivity contribution in [2.45, 2.75) is 31.6 Å². The van der Waals surface area contributed by atoms with E-state index in [1.54, 1.807) is 37.5 Å². The summed E-state index contributed by atoms with van der Waals surface area (Å²) < 4.78 is 0. The van der Waals surface area contributed by atoms with Gasteiger partial charge in [-0.1, -0.05) is 30.7 Å². The van der Waals surface area contributed by atoms with Gasteiger partial charge in [-0.15, -0.1) is 4.99 Å². The van der Waals surface area contributed by atoms with Crippen LogP contribution in [0.2, 0.25) is 0 Å². The van der Waals surface area contributed by atoms with Gasteiger partial charge in [-0.2, -0.15) is 0 Å². The summed E-state index contributed by atoms with van der Waals surface area (Å²) in [6.45, 7) is 1.78. The van der Waals surface area contributed by atoms with Crippen LogP contribution in [0.15, 0.2) is 59.9 Å². The fourth-order valence-electron chi connectivity index (χ4n) is 3.75. The highest BCUT2D eigenvalue weighted by molar-refractivity contribution is 6.05. The topological polar surface area (TPSA) is 131 Å². The average molecular weight is 402 g/mol. The first-order valence-corrected chi connectivity index (χ1v) is 9.77. The SMILES string of the molecule is Cc1cc(C([OH2+])=NC(=N)C2(c3ccc(-c4cnc(N)nc4)cc3)CCC2)ccc1O. The van der Waals surface area contributed by atoms with Gasteiger partial charge in [0.25, 0.3) is 0 Å². The molecule has 0 aliphatic heterocycles. The quantitative estimate of drug-likeness (QED) is 0.351. The minimum atomic E-state index is -0.464. The maximum atomic E-state index is 9.69. The van der Waals surface area contributed by atoms with Gasteiger partial charge in [-0.25, -0.2) is 9.97 Å². The van der Waals surface area contributed by atoms with Crippen LogP contribution < -0.4 is 5.73 Å². The smallest absolute Gasteiger partial charge is 0.366 e. The van der Waals surface area contributed by atoms with Crippen molar-refractivity contribution in [3.63, 3.8) is 0 Å². The molecule has 1 aliphatic rings. The van der Waals surface area contributed by atoms with Gasteiger partial charge in [0.05, 0.1) is 11.0 Å². The van der Waals surface area contributed by atoms with Gasteiger partial charge in [-0.05, 0) is 54.7 Å². The zero-order valence-electron chi connectivity index (χ0n) is 16.7. The first kappa shape index (κ1) is 19.6. The molecule has 3 aromatic rings. The normalized spacial score (nSPS) is 15.4. The molecule has 6 N–H and O–H groups in total. The number of aromatic hydroxyl groups is 1. The Hall–Kier alpha value is -3.74. The van der Waals surface area contributed by atoms with Crippen LogP contribution in [0.25, 0.3) is 11.1 Å². The molecule has 0 amide bonds. The summed E-state index contributed by atoms with van der Waals surface area (Å²) in [6, 6.07) is 12.9. The second kappa shape index (κ2) is 7.59. The first-order valence-electron chi connectivity index (χ1n) is 9.77. The van der Waals surface area contributed by atoms with Crippen molar-refractivity contribution >= 4 is 17.7 Å². The van der Waals surface area contributed by atoms with Crippen molar-refractivity contribution in [2.75, 3.05) is 5.73 Å². The van der Waals surface area contributed by atoms with Crippen LogP contribution in [0.5, 0.6) is 5.75 Å². The van der Waals surface area contributed by atoms with E-state index in [4.69, 9.17) is 16.2 Å². The summed E-state index contributed by atoms with van der Waals surface area (Å²) in [7, 11) is 0. The molecule has 2 aromatic carbocycles. The van der Waals surface area contributed by atoms with Crippen LogP contribution in [0, 0.1) is 12.3 Å². The molecule has 30 heavy (non-hydrogen) atoms. The third-order valence-electron chi connectivity index (χ3n) is 5.80. The van der Waals surface area contributed by atoms with Gasteiger partial charge in [0, 0.05) is 18.0 Å². The summed E-state index contributed by atoms with van der Waals surface area (Å²) in [4.78, 5) is 12.4. The number of phenolic OH excluding ortho intramolecular Hbond substituents is 1. The summed E-state index contributed by atoms with van der Waals surface area (Å²) in [5.74, 6) is 0.659. The number of aromatic nitrogens is 2. The lowest BCUT2D eigenvalue weighted by atomic mass is 9.63. The monoisotopic (exact) mass is 402 g/mol. The van der Waals surface area contributed by atoms with Crippen molar-refractivity contribution in [2.24, 2.45) is 4.99 Å². The molecule has 0 atom stereocenters. The van der Waals surface area contributed by atoms with Crippen LogP contribution >= 0.6 is 0 Å². The minimum Gasteiger partial charge on any atom is -0.578 e.